The minimum Gasteiger partial charge on any atom is -0.342 e. The molecule has 0 bridgehead atoms. The molecule has 0 aliphatic heterocycles. The van der Waals surface area contributed by atoms with Crippen molar-refractivity contribution < 1.29 is 4.79 Å². The Labute approximate surface area is 150 Å². The smallest absolute Gasteiger partial charge is 0.220 e. The van der Waals surface area contributed by atoms with Crippen LogP contribution < -0.4 is 5.32 Å². The Bertz CT molecular complexity index is 683. The summed E-state index contributed by atoms with van der Waals surface area (Å²) in [5.41, 5.74) is 2.29. The van der Waals surface area contributed by atoms with Gasteiger partial charge in [-0.3, -0.25) is 4.79 Å². The van der Waals surface area contributed by atoms with E-state index in [1.165, 1.54) is 37.7 Å². The molecule has 0 saturated heterocycles. The molecule has 0 radical (unpaired) electrons. The summed E-state index contributed by atoms with van der Waals surface area (Å²) in [4.78, 5) is 17.1. The second-order valence-electron chi connectivity index (χ2n) is 7.35. The third kappa shape index (κ3) is 4.71. The van der Waals surface area contributed by atoms with Gasteiger partial charge in [-0.15, -0.1) is 0 Å². The molecule has 1 amide bonds. The molecule has 0 spiro atoms. The first-order valence-corrected chi connectivity index (χ1v) is 9.46. The van der Waals surface area contributed by atoms with Crippen LogP contribution in [0.1, 0.15) is 67.9 Å². The quantitative estimate of drug-likeness (QED) is 0.853. The molecular formula is C21H29N3O. The van der Waals surface area contributed by atoms with Crippen molar-refractivity contribution in [3.05, 3.63) is 53.6 Å². The van der Waals surface area contributed by atoms with E-state index in [-0.39, 0.29) is 11.9 Å². The predicted molar refractivity (Wildman–Crippen MR) is 100 cm³/mol. The lowest BCUT2D eigenvalue weighted by Crippen LogP contribution is -2.31. The molecule has 1 saturated carbocycles. The van der Waals surface area contributed by atoms with Gasteiger partial charge < -0.3 is 9.88 Å². The highest BCUT2D eigenvalue weighted by atomic mass is 16.1. The number of carbonyl (C=O) groups excluding carboxylic acids is 1. The van der Waals surface area contributed by atoms with Crippen LogP contribution in [0, 0.1) is 12.8 Å². The molecule has 2 aromatic rings. The van der Waals surface area contributed by atoms with Crippen LogP contribution in [0.5, 0.6) is 0 Å². The van der Waals surface area contributed by atoms with Crippen LogP contribution in [0.25, 0.3) is 0 Å². The lowest BCUT2D eigenvalue weighted by Gasteiger charge is -2.22. The van der Waals surface area contributed by atoms with Crippen LogP contribution >= 0.6 is 0 Å². The number of benzene rings is 1. The number of hydrogen-bond donors (Lipinski definition) is 1. The second-order valence-corrected chi connectivity index (χ2v) is 7.35. The summed E-state index contributed by atoms with van der Waals surface area (Å²) in [6.45, 7) is 2.07. The molecule has 1 heterocycles. The van der Waals surface area contributed by atoms with Crippen LogP contribution in [-0.2, 0) is 11.8 Å². The van der Waals surface area contributed by atoms with E-state index in [9.17, 15) is 4.79 Å². The van der Waals surface area contributed by atoms with Gasteiger partial charge in [0.05, 0.1) is 0 Å². The highest BCUT2D eigenvalue weighted by Gasteiger charge is 2.21. The summed E-state index contributed by atoms with van der Waals surface area (Å²) in [7, 11) is 1.97. The van der Waals surface area contributed by atoms with Gasteiger partial charge in [-0.05, 0) is 24.8 Å². The van der Waals surface area contributed by atoms with Crippen LogP contribution in [0.4, 0.5) is 0 Å². The molecule has 1 aromatic carbocycles. The number of aryl methyl sites for hydroxylation is 2. The molecule has 1 unspecified atom stereocenters. The van der Waals surface area contributed by atoms with Gasteiger partial charge in [0.15, 0.2) is 0 Å². The topological polar surface area (TPSA) is 46.9 Å². The maximum absolute atomic E-state index is 12.6. The highest BCUT2D eigenvalue weighted by molar-refractivity contribution is 5.76. The Morgan fingerprint density at radius 3 is 2.60 bits per heavy atom. The maximum Gasteiger partial charge on any atom is 0.220 e. The van der Waals surface area contributed by atoms with Crippen molar-refractivity contribution in [1.82, 2.24) is 14.9 Å². The normalized spacial score (nSPS) is 16.6. The van der Waals surface area contributed by atoms with E-state index < -0.39 is 0 Å². The van der Waals surface area contributed by atoms with E-state index in [2.05, 4.69) is 41.5 Å². The summed E-state index contributed by atoms with van der Waals surface area (Å²) in [5.74, 6) is 1.72. The Morgan fingerprint density at radius 2 is 1.96 bits per heavy atom. The minimum absolute atomic E-state index is 0.124. The van der Waals surface area contributed by atoms with E-state index in [0.29, 0.717) is 6.42 Å². The first-order valence-electron chi connectivity index (χ1n) is 9.46. The molecule has 1 aliphatic rings. The number of carbonyl (C=O) groups is 1. The summed E-state index contributed by atoms with van der Waals surface area (Å²) < 4.78 is 1.98. The molecule has 1 aromatic heterocycles. The second kappa shape index (κ2) is 8.32. The van der Waals surface area contributed by atoms with Gasteiger partial charge in [-0.25, -0.2) is 4.98 Å². The molecular weight excluding hydrogens is 310 g/mol. The fraction of sp³-hybridized carbons (Fsp3) is 0.524. The van der Waals surface area contributed by atoms with E-state index in [0.717, 1.165) is 23.7 Å². The predicted octanol–water partition coefficient (Wildman–Crippen LogP) is 4.29. The van der Waals surface area contributed by atoms with Gasteiger partial charge in [0.1, 0.15) is 11.9 Å². The van der Waals surface area contributed by atoms with Gasteiger partial charge in [-0.2, -0.15) is 0 Å². The summed E-state index contributed by atoms with van der Waals surface area (Å²) in [6, 6.07) is 8.13. The number of amides is 1. The maximum atomic E-state index is 12.6. The van der Waals surface area contributed by atoms with Crippen molar-refractivity contribution in [1.29, 1.82) is 0 Å². The van der Waals surface area contributed by atoms with Crippen LogP contribution in [0.3, 0.4) is 0 Å². The average molecular weight is 339 g/mol. The molecule has 25 heavy (non-hydrogen) atoms. The van der Waals surface area contributed by atoms with Crippen molar-refractivity contribution >= 4 is 5.91 Å². The zero-order chi connectivity index (χ0) is 17.6. The largest absolute Gasteiger partial charge is 0.342 e. The summed E-state index contributed by atoms with van der Waals surface area (Å²) in [6.07, 6.45) is 11.9. The number of imidazole rings is 1. The summed E-state index contributed by atoms with van der Waals surface area (Å²) in [5, 5.41) is 3.21. The Hall–Kier alpha value is -2.10. The van der Waals surface area contributed by atoms with Crippen LogP contribution in [0.2, 0.25) is 0 Å². The van der Waals surface area contributed by atoms with E-state index in [4.69, 9.17) is 0 Å². The number of rotatable bonds is 6. The van der Waals surface area contributed by atoms with E-state index >= 15 is 0 Å². The van der Waals surface area contributed by atoms with Gasteiger partial charge in [0.25, 0.3) is 0 Å². The van der Waals surface area contributed by atoms with Gasteiger partial charge in [0, 0.05) is 25.9 Å². The number of nitrogens with one attached hydrogen (secondary N) is 1. The SMILES string of the molecule is Cc1ccc(C(NC(=O)CCC2CCCCC2)c2nccn2C)cc1. The zero-order valence-corrected chi connectivity index (χ0v) is 15.4. The van der Waals surface area contributed by atoms with Crippen molar-refractivity contribution in [2.24, 2.45) is 13.0 Å². The lowest BCUT2D eigenvalue weighted by molar-refractivity contribution is -0.122. The molecule has 4 nitrogen and oxygen atoms in total. The van der Waals surface area contributed by atoms with Crippen LogP contribution in [0.15, 0.2) is 36.7 Å². The molecule has 4 heteroatoms. The van der Waals surface area contributed by atoms with E-state index in [1.807, 2.05) is 17.8 Å². The minimum atomic E-state index is -0.195. The Kier molecular flexibility index (Phi) is 5.90. The molecule has 1 N–H and O–H groups in total. The van der Waals surface area contributed by atoms with Crippen molar-refractivity contribution in [2.45, 2.75) is 57.9 Å². The third-order valence-corrected chi connectivity index (χ3v) is 5.34. The molecule has 3 rings (SSSR count). The van der Waals surface area contributed by atoms with E-state index in [1.54, 1.807) is 6.20 Å². The molecule has 1 aliphatic carbocycles. The summed E-state index contributed by atoms with van der Waals surface area (Å²) >= 11 is 0. The molecule has 134 valence electrons. The first-order chi connectivity index (χ1) is 12.1. The first kappa shape index (κ1) is 17.7. The monoisotopic (exact) mass is 339 g/mol. The van der Waals surface area contributed by atoms with Gasteiger partial charge >= 0.3 is 0 Å². The Morgan fingerprint density at radius 1 is 1.24 bits per heavy atom. The fourth-order valence-corrected chi connectivity index (χ4v) is 3.76. The number of hydrogen-bond acceptors (Lipinski definition) is 2. The van der Waals surface area contributed by atoms with Crippen molar-refractivity contribution in [3.63, 3.8) is 0 Å². The van der Waals surface area contributed by atoms with Gasteiger partial charge in [0.2, 0.25) is 5.91 Å². The number of nitrogens with zero attached hydrogens (tertiary/aromatic N) is 2. The highest BCUT2D eigenvalue weighted by Crippen LogP contribution is 2.27. The average Bonchev–Trinajstić information content (AvgIpc) is 3.05. The van der Waals surface area contributed by atoms with Crippen molar-refractivity contribution in [3.8, 4) is 0 Å². The zero-order valence-electron chi connectivity index (χ0n) is 15.4. The third-order valence-electron chi connectivity index (χ3n) is 5.34. The standard InChI is InChI=1S/C21H29N3O/c1-16-8-11-18(12-9-16)20(21-22-14-15-24(21)2)23-19(25)13-10-17-6-4-3-5-7-17/h8-9,11-12,14-15,17,20H,3-7,10,13H2,1-2H3,(H,23,25). The lowest BCUT2D eigenvalue weighted by atomic mass is 9.86. The fourth-order valence-electron chi connectivity index (χ4n) is 3.76. The van der Waals surface area contributed by atoms with Crippen LogP contribution in [-0.4, -0.2) is 15.5 Å². The molecule has 1 atom stereocenters. The van der Waals surface area contributed by atoms with Gasteiger partial charge in [-0.1, -0.05) is 61.9 Å². The Balaban J connectivity index is 1.68. The number of aromatic nitrogens is 2. The van der Waals surface area contributed by atoms with Crippen molar-refractivity contribution in [2.75, 3.05) is 0 Å². The molecule has 1 fully saturated rings.